The number of carbonyl (C=O) groups is 2. The first-order valence-corrected chi connectivity index (χ1v) is 11.0. The smallest absolute Gasteiger partial charge is 0.254 e. The Morgan fingerprint density at radius 2 is 1.84 bits per heavy atom. The van der Waals surface area contributed by atoms with E-state index in [2.05, 4.69) is 5.32 Å². The Hall–Kier alpha value is -3.41. The standard InChI is InChI=1S/C26H27FN2O3/c1-18(17-32-24-14-5-4-13-23(24)27)28-25(30)20-10-7-15-29(16-20)26(31)22-12-6-9-19-8-2-3-11-21(19)22/h2-6,8-9,11-14,18,20H,7,10,15-17H2,1H3,(H,28,30). The topological polar surface area (TPSA) is 58.6 Å². The molecule has 4 rings (SSSR count). The molecule has 1 aliphatic rings. The molecule has 1 aliphatic heterocycles. The van der Waals surface area contributed by atoms with Crippen LogP contribution in [0.2, 0.25) is 0 Å². The summed E-state index contributed by atoms with van der Waals surface area (Å²) in [6.45, 7) is 3.01. The highest BCUT2D eigenvalue weighted by atomic mass is 19.1. The number of benzene rings is 3. The Balaban J connectivity index is 1.36. The number of nitrogens with zero attached hydrogens (tertiary/aromatic N) is 1. The van der Waals surface area contributed by atoms with Crippen LogP contribution in [-0.2, 0) is 4.79 Å². The van der Waals surface area contributed by atoms with E-state index in [0.29, 0.717) is 18.7 Å². The second kappa shape index (κ2) is 9.81. The lowest BCUT2D eigenvalue weighted by Gasteiger charge is -2.33. The van der Waals surface area contributed by atoms with Gasteiger partial charge in [0.25, 0.3) is 5.91 Å². The van der Waals surface area contributed by atoms with Crippen LogP contribution in [0, 0.1) is 11.7 Å². The maximum absolute atomic E-state index is 13.7. The molecule has 3 aromatic carbocycles. The Morgan fingerprint density at radius 3 is 2.69 bits per heavy atom. The van der Waals surface area contributed by atoms with E-state index in [1.165, 1.54) is 6.07 Å². The maximum Gasteiger partial charge on any atom is 0.254 e. The zero-order valence-corrected chi connectivity index (χ0v) is 18.1. The van der Waals surface area contributed by atoms with Gasteiger partial charge in [0, 0.05) is 18.7 Å². The number of halogens is 1. The number of carbonyl (C=O) groups excluding carboxylic acids is 2. The summed E-state index contributed by atoms with van der Waals surface area (Å²) in [6.07, 6.45) is 1.50. The normalized spacial score (nSPS) is 17.1. The van der Waals surface area contributed by atoms with Gasteiger partial charge in [-0.3, -0.25) is 9.59 Å². The van der Waals surface area contributed by atoms with E-state index in [9.17, 15) is 14.0 Å². The minimum absolute atomic E-state index is 0.0461. The quantitative estimate of drug-likeness (QED) is 0.625. The van der Waals surface area contributed by atoms with E-state index in [0.717, 1.165) is 23.6 Å². The summed E-state index contributed by atoms with van der Waals surface area (Å²) in [5.74, 6) is -0.696. The summed E-state index contributed by atoms with van der Waals surface area (Å²) >= 11 is 0. The van der Waals surface area contributed by atoms with Crippen molar-refractivity contribution in [2.75, 3.05) is 19.7 Å². The van der Waals surface area contributed by atoms with Gasteiger partial charge in [0.2, 0.25) is 5.91 Å². The number of likely N-dealkylation sites (tertiary alicyclic amines) is 1. The molecule has 1 heterocycles. The molecule has 0 radical (unpaired) electrons. The Labute approximate surface area is 187 Å². The lowest BCUT2D eigenvalue weighted by molar-refractivity contribution is -0.127. The minimum atomic E-state index is -0.430. The van der Waals surface area contributed by atoms with Crippen molar-refractivity contribution in [3.05, 3.63) is 78.1 Å². The third kappa shape index (κ3) is 4.90. The zero-order chi connectivity index (χ0) is 22.5. The zero-order valence-electron chi connectivity index (χ0n) is 18.1. The third-order valence-corrected chi connectivity index (χ3v) is 5.81. The lowest BCUT2D eigenvalue weighted by Crippen LogP contribution is -2.48. The number of para-hydroxylation sites is 1. The summed E-state index contributed by atoms with van der Waals surface area (Å²) in [6, 6.07) is 19.5. The third-order valence-electron chi connectivity index (χ3n) is 5.81. The predicted octanol–water partition coefficient (Wildman–Crippen LogP) is 4.41. The number of rotatable bonds is 6. The first-order chi connectivity index (χ1) is 15.5. The SMILES string of the molecule is CC(COc1ccccc1F)NC(=O)C1CCCN(C(=O)c2cccc3ccccc23)C1. The van der Waals surface area contributed by atoms with Crippen LogP contribution in [0.5, 0.6) is 5.75 Å². The Kier molecular flexibility index (Phi) is 6.69. The molecule has 32 heavy (non-hydrogen) atoms. The first-order valence-electron chi connectivity index (χ1n) is 11.0. The molecule has 6 heteroatoms. The van der Waals surface area contributed by atoms with Crippen molar-refractivity contribution in [1.29, 1.82) is 0 Å². The molecule has 1 N–H and O–H groups in total. The van der Waals surface area contributed by atoms with Gasteiger partial charge in [0.05, 0.1) is 12.0 Å². The van der Waals surface area contributed by atoms with Crippen LogP contribution in [-0.4, -0.2) is 42.5 Å². The molecule has 0 aromatic heterocycles. The fraction of sp³-hybridized carbons (Fsp3) is 0.308. The number of hydrogen-bond acceptors (Lipinski definition) is 3. The number of nitrogens with one attached hydrogen (secondary N) is 1. The van der Waals surface area contributed by atoms with Gasteiger partial charge in [-0.05, 0) is 48.7 Å². The number of amides is 2. The van der Waals surface area contributed by atoms with Crippen molar-refractivity contribution in [2.45, 2.75) is 25.8 Å². The fourth-order valence-electron chi connectivity index (χ4n) is 4.14. The van der Waals surface area contributed by atoms with Crippen molar-refractivity contribution >= 4 is 22.6 Å². The molecule has 1 saturated heterocycles. The van der Waals surface area contributed by atoms with E-state index in [-0.39, 0.29) is 36.1 Å². The van der Waals surface area contributed by atoms with E-state index in [1.54, 1.807) is 23.1 Å². The van der Waals surface area contributed by atoms with Crippen LogP contribution in [0.15, 0.2) is 66.7 Å². The summed E-state index contributed by atoms with van der Waals surface area (Å²) in [5, 5.41) is 4.89. The molecule has 3 aromatic rings. The van der Waals surface area contributed by atoms with Gasteiger partial charge >= 0.3 is 0 Å². The average molecular weight is 435 g/mol. The van der Waals surface area contributed by atoms with Crippen molar-refractivity contribution in [1.82, 2.24) is 10.2 Å². The minimum Gasteiger partial charge on any atom is -0.488 e. The molecule has 2 amide bonds. The largest absolute Gasteiger partial charge is 0.488 e. The molecular formula is C26H27FN2O3. The van der Waals surface area contributed by atoms with Crippen LogP contribution < -0.4 is 10.1 Å². The second-order valence-electron chi connectivity index (χ2n) is 8.27. The molecule has 0 aliphatic carbocycles. The summed E-state index contributed by atoms with van der Waals surface area (Å²) in [5.41, 5.74) is 0.663. The molecule has 5 nitrogen and oxygen atoms in total. The van der Waals surface area contributed by atoms with Crippen LogP contribution in [0.3, 0.4) is 0 Å². The number of fused-ring (bicyclic) bond motifs is 1. The monoisotopic (exact) mass is 434 g/mol. The van der Waals surface area contributed by atoms with E-state index < -0.39 is 5.82 Å². The molecule has 2 atom stereocenters. The average Bonchev–Trinajstić information content (AvgIpc) is 2.83. The maximum atomic E-state index is 13.7. The van der Waals surface area contributed by atoms with Gasteiger partial charge in [0.15, 0.2) is 11.6 Å². The molecule has 2 unspecified atom stereocenters. The van der Waals surface area contributed by atoms with E-state index in [4.69, 9.17) is 4.74 Å². The van der Waals surface area contributed by atoms with Crippen molar-refractivity contribution in [3.63, 3.8) is 0 Å². The highest BCUT2D eigenvalue weighted by Crippen LogP contribution is 2.24. The first kappa shape index (κ1) is 21.8. The summed E-state index contributed by atoms with van der Waals surface area (Å²) in [4.78, 5) is 27.8. The molecule has 1 fully saturated rings. The molecule has 166 valence electrons. The van der Waals surface area contributed by atoms with Crippen LogP contribution >= 0.6 is 0 Å². The van der Waals surface area contributed by atoms with Gasteiger partial charge in [0.1, 0.15) is 6.61 Å². The Bertz CT molecular complexity index is 1110. The van der Waals surface area contributed by atoms with Crippen LogP contribution in [0.1, 0.15) is 30.1 Å². The van der Waals surface area contributed by atoms with Gasteiger partial charge in [-0.2, -0.15) is 0 Å². The summed E-state index contributed by atoms with van der Waals surface area (Å²) in [7, 11) is 0. The van der Waals surface area contributed by atoms with Crippen molar-refractivity contribution in [3.8, 4) is 5.75 Å². The number of hydrogen-bond donors (Lipinski definition) is 1. The highest BCUT2D eigenvalue weighted by Gasteiger charge is 2.30. The van der Waals surface area contributed by atoms with Crippen LogP contribution in [0.4, 0.5) is 4.39 Å². The molecular weight excluding hydrogens is 407 g/mol. The van der Waals surface area contributed by atoms with Crippen molar-refractivity contribution < 1.29 is 18.7 Å². The van der Waals surface area contributed by atoms with Crippen LogP contribution in [0.25, 0.3) is 10.8 Å². The lowest BCUT2D eigenvalue weighted by atomic mass is 9.95. The number of piperidine rings is 1. The Morgan fingerprint density at radius 1 is 1.09 bits per heavy atom. The molecule has 0 spiro atoms. The molecule has 0 saturated carbocycles. The van der Waals surface area contributed by atoms with Gasteiger partial charge in [-0.1, -0.05) is 48.5 Å². The van der Waals surface area contributed by atoms with E-state index in [1.807, 2.05) is 49.4 Å². The van der Waals surface area contributed by atoms with Gasteiger partial charge in [-0.15, -0.1) is 0 Å². The van der Waals surface area contributed by atoms with Gasteiger partial charge in [-0.25, -0.2) is 4.39 Å². The van der Waals surface area contributed by atoms with Crippen molar-refractivity contribution in [2.24, 2.45) is 5.92 Å². The molecule has 0 bridgehead atoms. The fourth-order valence-corrected chi connectivity index (χ4v) is 4.14. The predicted molar refractivity (Wildman–Crippen MR) is 122 cm³/mol. The highest BCUT2D eigenvalue weighted by molar-refractivity contribution is 6.07. The van der Waals surface area contributed by atoms with E-state index >= 15 is 0 Å². The number of ether oxygens (including phenoxy) is 1. The van der Waals surface area contributed by atoms with Gasteiger partial charge < -0.3 is 15.0 Å². The summed E-state index contributed by atoms with van der Waals surface area (Å²) < 4.78 is 19.2. The second-order valence-corrected chi connectivity index (χ2v) is 8.27.